The van der Waals surface area contributed by atoms with Crippen molar-refractivity contribution in [1.82, 2.24) is 29.5 Å². The number of imide groups is 1. The number of aromatic nitrogens is 6. The standard InChI is InChI=1S/C31H42N8O6Si/c1-21-19-43-14-13-37(21)26-17-23(22-9-8-11-32-27(22)38(29(40)41)30(42)45-31(2,3)4)24-18-33-39(28(24)34-26)25-10-12-36(35-25)20-44-15-16-46(5,6)7/h8-12,17-18,21H,13-16,19-20H2,1-7H3,(H,40,41)/t21-/m1/s1. The van der Waals surface area contributed by atoms with Gasteiger partial charge in [0, 0.05) is 56.2 Å². The molecule has 5 rings (SSSR count). The zero-order valence-electron chi connectivity index (χ0n) is 27.4. The van der Waals surface area contributed by atoms with Crippen molar-refractivity contribution < 1.29 is 28.9 Å². The Morgan fingerprint density at radius 3 is 2.65 bits per heavy atom. The summed E-state index contributed by atoms with van der Waals surface area (Å²) in [5.41, 5.74) is 0.570. The summed E-state index contributed by atoms with van der Waals surface area (Å²) < 4.78 is 20.4. The zero-order valence-corrected chi connectivity index (χ0v) is 28.4. The van der Waals surface area contributed by atoms with Crippen LogP contribution in [-0.2, 0) is 20.9 Å². The Hall–Kier alpha value is -4.34. The Bertz CT molecular complexity index is 1710. The first-order valence-corrected chi connectivity index (χ1v) is 19.0. The van der Waals surface area contributed by atoms with Crippen molar-refractivity contribution in [3.63, 3.8) is 0 Å². The summed E-state index contributed by atoms with van der Waals surface area (Å²) in [7, 11) is -1.21. The van der Waals surface area contributed by atoms with E-state index in [1.807, 2.05) is 18.3 Å². The number of nitrogens with zero attached hydrogens (tertiary/aromatic N) is 8. The van der Waals surface area contributed by atoms with Crippen LogP contribution in [0.15, 0.2) is 42.9 Å². The van der Waals surface area contributed by atoms with Crippen LogP contribution in [0.5, 0.6) is 0 Å². The number of carboxylic acid groups (broad SMARTS) is 1. The van der Waals surface area contributed by atoms with Gasteiger partial charge in [-0.3, -0.25) is 0 Å². The SMILES string of the molecule is C[C@@H]1COCCN1c1cc(-c2cccnc2N(C(=O)O)C(=O)OC(C)(C)C)c2cnn(-c3ccn(COCC[Si](C)(C)C)n3)c2n1. The Balaban J connectivity index is 1.60. The lowest BCUT2D eigenvalue weighted by Crippen LogP contribution is -2.44. The van der Waals surface area contributed by atoms with Crippen molar-refractivity contribution in [2.24, 2.45) is 0 Å². The third-order valence-electron chi connectivity index (χ3n) is 7.31. The van der Waals surface area contributed by atoms with Crippen LogP contribution in [0.4, 0.5) is 21.2 Å². The lowest BCUT2D eigenvalue weighted by atomic mass is 10.0. The first kappa shape index (κ1) is 33.0. The Kier molecular flexibility index (Phi) is 9.46. The van der Waals surface area contributed by atoms with Crippen molar-refractivity contribution in [2.45, 2.75) is 71.8 Å². The first-order chi connectivity index (χ1) is 21.7. The van der Waals surface area contributed by atoms with Crippen LogP contribution in [-0.4, -0.2) is 92.9 Å². The molecule has 15 heteroatoms. The minimum Gasteiger partial charge on any atom is -0.464 e. The third-order valence-corrected chi connectivity index (χ3v) is 9.01. The Labute approximate surface area is 268 Å². The molecule has 0 radical (unpaired) electrons. The molecule has 246 valence electrons. The average Bonchev–Trinajstić information content (AvgIpc) is 3.61. The number of hydrogen-bond donors (Lipinski definition) is 1. The molecule has 46 heavy (non-hydrogen) atoms. The van der Waals surface area contributed by atoms with Crippen LogP contribution in [0.25, 0.3) is 28.0 Å². The van der Waals surface area contributed by atoms with Crippen molar-refractivity contribution in [2.75, 3.05) is 36.2 Å². The number of amides is 2. The summed E-state index contributed by atoms with van der Waals surface area (Å²) in [6.45, 7) is 16.6. The van der Waals surface area contributed by atoms with Crippen LogP contribution in [0, 0.1) is 0 Å². The molecule has 1 N–H and O–H groups in total. The van der Waals surface area contributed by atoms with Gasteiger partial charge in [0.05, 0.1) is 25.5 Å². The van der Waals surface area contributed by atoms with E-state index in [4.69, 9.17) is 24.3 Å². The minimum atomic E-state index is -1.52. The molecule has 1 fully saturated rings. The lowest BCUT2D eigenvalue weighted by Gasteiger charge is -2.34. The van der Waals surface area contributed by atoms with Gasteiger partial charge >= 0.3 is 12.2 Å². The molecular formula is C31H42N8O6Si. The molecule has 4 aromatic heterocycles. The molecule has 0 spiro atoms. The average molecular weight is 651 g/mol. The zero-order chi connectivity index (χ0) is 33.2. The van der Waals surface area contributed by atoms with Crippen LogP contribution in [0.3, 0.4) is 0 Å². The molecule has 1 saturated heterocycles. The summed E-state index contributed by atoms with van der Waals surface area (Å²) in [5, 5.41) is 20.1. The molecule has 0 aliphatic carbocycles. The molecule has 2 amide bonds. The number of carbonyl (C=O) groups is 2. The van der Waals surface area contributed by atoms with Crippen LogP contribution in [0.2, 0.25) is 25.7 Å². The third kappa shape index (κ3) is 7.54. The number of anilines is 2. The first-order valence-electron chi connectivity index (χ1n) is 15.3. The second-order valence-electron chi connectivity index (χ2n) is 13.5. The molecule has 0 unspecified atom stereocenters. The maximum absolute atomic E-state index is 13.2. The number of rotatable bonds is 9. The van der Waals surface area contributed by atoms with Gasteiger partial charge in [0.2, 0.25) is 0 Å². The van der Waals surface area contributed by atoms with E-state index in [1.54, 1.807) is 48.5 Å². The fraction of sp³-hybridized carbons (Fsp3) is 0.484. The van der Waals surface area contributed by atoms with Gasteiger partial charge in [-0.2, -0.15) is 19.8 Å². The molecule has 5 heterocycles. The van der Waals surface area contributed by atoms with Crippen molar-refractivity contribution >= 4 is 42.9 Å². The van der Waals surface area contributed by atoms with E-state index in [2.05, 4.69) is 41.5 Å². The molecule has 0 aromatic carbocycles. The largest absolute Gasteiger partial charge is 0.464 e. The predicted molar refractivity (Wildman–Crippen MR) is 176 cm³/mol. The van der Waals surface area contributed by atoms with Crippen LogP contribution in [0.1, 0.15) is 27.7 Å². The van der Waals surface area contributed by atoms with Crippen LogP contribution >= 0.6 is 0 Å². The van der Waals surface area contributed by atoms with E-state index in [0.717, 1.165) is 6.04 Å². The van der Waals surface area contributed by atoms with E-state index in [-0.39, 0.29) is 11.9 Å². The highest BCUT2D eigenvalue weighted by molar-refractivity contribution is 6.76. The highest BCUT2D eigenvalue weighted by Gasteiger charge is 2.33. The highest BCUT2D eigenvalue weighted by atomic mass is 28.3. The number of fused-ring (bicyclic) bond motifs is 1. The maximum Gasteiger partial charge on any atom is 0.425 e. The van der Waals surface area contributed by atoms with Crippen molar-refractivity contribution in [1.29, 1.82) is 0 Å². The fourth-order valence-corrected chi connectivity index (χ4v) is 5.77. The normalized spacial score (nSPS) is 15.7. The Morgan fingerprint density at radius 2 is 1.96 bits per heavy atom. The molecule has 1 aliphatic rings. The summed E-state index contributed by atoms with van der Waals surface area (Å²) in [4.78, 5) is 37.7. The van der Waals surface area contributed by atoms with Gasteiger partial charge in [0.25, 0.3) is 0 Å². The maximum atomic E-state index is 13.2. The molecule has 4 aromatic rings. The highest BCUT2D eigenvalue weighted by Crippen LogP contribution is 2.38. The van der Waals surface area contributed by atoms with Crippen LogP contribution < -0.4 is 9.80 Å². The van der Waals surface area contributed by atoms with E-state index < -0.39 is 25.9 Å². The molecule has 0 bridgehead atoms. The second kappa shape index (κ2) is 13.2. The summed E-state index contributed by atoms with van der Waals surface area (Å²) >= 11 is 0. The monoisotopic (exact) mass is 650 g/mol. The number of carbonyl (C=O) groups excluding carboxylic acids is 1. The topological polar surface area (TPSA) is 150 Å². The Morgan fingerprint density at radius 1 is 1.17 bits per heavy atom. The van der Waals surface area contributed by atoms with E-state index in [1.165, 1.54) is 6.20 Å². The van der Waals surface area contributed by atoms with E-state index in [9.17, 15) is 14.7 Å². The van der Waals surface area contributed by atoms with Gasteiger partial charge in [-0.1, -0.05) is 19.6 Å². The minimum absolute atomic E-state index is 0.0288. The molecule has 0 saturated carbocycles. The molecule has 1 aliphatic heterocycles. The number of morpholine rings is 1. The summed E-state index contributed by atoms with van der Waals surface area (Å²) in [6.07, 6.45) is 2.35. The van der Waals surface area contributed by atoms with Gasteiger partial charge in [0.15, 0.2) is 17.3 Å². The second-order valence-corrected chi connectivity index (χ2v) is 19.1. The van der Waals surface area contributed by atoms with Gasteiger partial charge in [-0.15, -0.1) is 0 Å². The smallest absolute Gasteiger partial charge is 0.425 e. The summed E-state index contributed by atoms with van der Waals surface area (Å²) in [5.74, 6) is 1.09. The predicted octanol–water partition coefficient (Wildman–Crippen LogP) is 5.64. The number of ether oxygens (including phenoxy) is 3. The van der Waals surface area contributed by atoms with Crippen molar-refractivity contribution in [3.8, 4) is 16.9 Å². The number of hydrogen-bond acceptors (Lipinski definition) is 10. The van der Waals surface area contributed by atoms with E-state index in [0.29, 0.717) is 71.8 Å². The summed E-state index contributed by atoms with van der Waals surface area (Å²) in [6, 6.07) is 8.20. The van der Waals surface area contributed by atoms with E-state index >= 15 is 0 Å². The fourth-order valence-electron chi connectivity index (χ4n) is 5.01. The van der Waals surface area contributed by atoms with Gasteiger partial charge in [-0.25, -0.2) is 24.2 Å². The molecule has 1 atom stereocenters. The lowest BCUT2D eigenvalue weighted by molar-refractivity contribution is 0.0581. The van der Waals surface area contributed by atoms with Gasteiger partial charge in [0.1, 0.15) is 18.1 Å². The molecule has 14 nitrogen and oxygen atoms in total. The quantitative estimate of drug-likeness (QED) is 0.177. The van der Waals surface area contributed by atoms with Gasteiger partial charge in [-0.05, 0) is 51.9 Å². The number of pyridine rings is 2. The molecular weight excluding hydrogens is 608 g/mol. The van der Waals surface area contributed by atoms with Gasteiger partial charge < -0.3 is 24.2 Å². The van der Waals surface area contributed by atoms with Crippen molar-refractivity contribution in [3.05, 3.63) is 42.9 Å².